The maximum atomic E-state index is 10.1. The zero-order chi connectivity index (χ0) is 21.7. The molecule has 2 atom stereocenters. The van der Waals surface area contributed by atoms with Gasteiger partial charge in [0.25, 0.3) is 0 Å². The van der Waals surface area contributed by atoms with E-state index < -0.39 is 11.3 Å². The molecular formula is C24H26N4O2. The number of nitriles is 3. The molecule has 0 aliphatic heterocycles. The summed E-state index contributed by atoms with van der Waals surface area (Å²) in [7, 11) is 1.57. The number of allylic oxidation sites excluding steroid dienone is 4. The molecule has 2 N–H and O–H groups in total. The summed E-state index contributed by atoms with van der Waals surface area (Å²) in [6, 6.07) is 12.0. The van der Waals surface area contributed by atoms with E-state index in [-0.39, 0.29) is 17.2 Å². The number of nitrogens with zero attached hydrogens (tertiary/aromatic N) is 3. The Kier molecular flexibility index (Phi) is 6.34. The molecule has 2 aliphatic carbocycles. The topological polar surface area (TPSA) is 116 Å². The van der Waals surface area contributed by atoms with E-state index in [9.17, 15) is 15.8 Å². The predicted molar refractivity (Wildman–Crippen MR) is 112 cm³/mol. The lowest BCUT2D eigenvalue weighted by atomic mass is 9.57. The molecule has 6 nitrogen and oxygen atoms in total. The predicted octanol–water partition coefficient (Wildman–Crippen LogP) is 4.47. The van der Waals surface area contributed by atoms with Gasteiger partial charge in [0.15, 0.2) is 16.9 Å². The summed E-state index contributed by atoms with van der Waals surface area (Å²) in [5.74, 6) is 0.570. The molecule has 0 saturated heterocycles. The van der Waals surface area contributed by atoms with Crippen LogP contribution < -0.4 is 15.2 Å². The fourth-order valence-electron chi connectivity index (χ4n) is 4.57. The van der Waals surface area contributed by atoms with Crippen LogP contribution in [0.2, 0.25) is 0 Å². The van der Waals surface area contributed by atoms with E-state index in [0.717, 1.165) is 43.2 Å². The van der Waals surface area contributed by atoms with E-state index in [1.807, 2.05) is 24.3 Å². The average Bonchev–Trinajstić information content (AvgIpc) is 2.79. The highest BCUT2D eigenvalue weighted by Gasteiger charge is 2.53. The fraction of sp³-hybridized carbons (Fsp3) is 0.458. The molecule has 154 valence electrons. The van der Waals surface area contributed by atoms with E-state index >= 15 is 0 Å². The van der Waals surface area contributed by atoms with Gasteiger partial charge in [-0.25, -0.2) is 0 Å². The first-order valence-electron chi connectivity index (χ1n) is 10.3. The minimum absolute atomic E-state index is 0.0478. The molecule has 0 radical (unpaired) electrons. The van der Waals surface area contributed by atoms with Crippen molar-refractivity contribution in [1.29, 1.82) is 15.8 Å². The van der Waals surface area contributed by atoms with Crippen LogP contribution in [0.3, 0.4) is 0 Å². The summed E-state index contributed by atoms with van der Waals surface area (Å²) < 4.78 is 11.4. The third-order valence-electron chi connectivity index (χ3n) is 6.10. The van der Waals surface area contributed by atoms with Gasteiger partial charge in [0.05, 0.1) is 37.1 Å². The number of ether oxygens (including phenoxy) is 2. The highest BCUT2D eigenvalue weighted by atomic mass is 16.5. The number of hydrogen-bond acceptors (Lipinski definition) is 6. The molecule has 0 fully saturated rings. The maximum absolute atomic E-state index is 10.1. The van der Waals surface area contributed by atoms with Crippen LogP contribution in [0.1, 0.15) is 50.5 Å². The Morgan fingerprint density at radius 1 is 1.20 bits per heavy atom. The van der Waals surface area contributed by atoms with Gasteiger partial charge in [-0.2, -0.15) is 15.8 Å². The van der Waals surface area contributed by atoms with Gasteiger partial charge in [0, 0.05) is 5.92 Å². The highest BCUT2D eigenvalue weighted by molar-refractivity contribution is 5.60. The lowest BCUT2D eigenvalue weighted by molar-refractivity contribution is 0.285. The first-order valence-corrected chi connectivity index (χ1v) is 10.3. The van der Waals surface area contributed by atoms with Gasteiger partial charge in [-0.1, -0.05) is 25.5 Å². The molecular weight excluding hydrogens is 376 g/mol. The Bertz CT molecular complexity index is 990. The van der Waals surface area contributed by atoms with Crippen LogP contribution in [-0.2, 0) is 0 Å². The number of hydrogen-bond donors (Lipinski definition) is 1. The van der Waals surface area contributed by atoms with E-state index in [1.54, 1.807) is 7.11 Å². The summed E-state index contributed by atoms with van der Waals surface area (Å²) >= 11 is 0. The zero-order valence-corrected chi connectivity index (χ0v) is 17.4. The molecule has 0 heterocycles. The van der Waals surface area contributed by atoms with E-state index in [1.165, 1.54) is 0 Å². The first-order chi connectivity index (χ1) is 14.6. The molecule has 1 aromatic carbocycles. The van der Waals surface area contributed by atoms with Gasteiger partial charge in [-0.15, -0.1) is 0 Å². The molecule has 6 heteroatoms. The number of unbranched alkanes of at least 4 members (excludes halogenated alkanes) is 1. The monoisotopic (exact) mass is 402 g/mol. The lowest BCUT2D eigenvalue weighted by Gasteiger charge is -2.43. The Balaban J connectivity index is 2.16. The molecule has 2 aliphatic rings. The molecule has 1 aromatic rings. The molecule has 30 heavy (non-hydrogen) atoms. The first kappa shape index (κ1) is 21.3. The van der Waals surface area contributed by atoms with Crippen LogP contribution in [0.15, 0.2) is 41.1 Å². The SMILES string of the molecule is CCCCOc1ccc(C2C3CCCC=C3C(C#N)=C(N)C2(C#N)C#N)cc1OC. The minimum Gasteiger partial charge on any atom is -0.493 e. The average molecular weight is 402 g/mol. The van der Waals surface area contributed by atoms with Crippen LogP contribution in [0.5, 0.6) is 11.5 Å². The second-order valence-corrected chi connectivity index (χ2v) is 7.72. The second kappa shape index (κ2) is 8.93. The van der Waals surface area contributed by atoms with Crippen molar-refractivity contribution in [3.8, 4) is 29.7 Å². The van der Waals surface area contributed by atoms with Crippen LogP contribution >= 0.6 is 0 Å². The molecule has 0 spiro atoms. The van der Waals surface area contributed by atoms with Crippen molar-refractivity contribution in [2.24, 2.45) is 17.1 Å². The molecule has 0 amide bonds. The third kappa shape index (κ3) is 3.38. The number of nitrogens with two attached hydrogens (primary N) is 1. The van der Waals surface area contributed by atoms with Crippen LogP contribution in [0, 0.1) is 45.3 Å². The van der Waals surface area contributed by atoms with Gasteiger partial charge >= 0.3 is 0 Å². The Labute approximate surface area is 177 Å². The van der Waals surface area contributed by atoms with Crippen LogP contribution in [0.25, 0.3) is 0 Å². The summed E-state index contributed by atoms with van der Waals surface area (Å²) in [5, 5.41) is 29.9. The smallest absolute Gasteiger partial charge is 0.191 e. The Hall–Kier alpha value is -3.43. The van der Waals surface area contributed by atoms with E-state index in [4.69, 9.17) is 15.2 Å². The Morgan fingerprint density at radius 3 is 2.60 bits per heavy atom. The van der Waals surface area contributed by atoms with Crippen molar-refractivity contribution < 1.29 is 9.47 Å². The minimum atomic E-state index is -1.61. The largest absolute Gasteiger partial charge is 0.493 e. The fourth-order valence-corrected chi connectivity index (χ4v) is 4.57. The zero-order valence-electron chi connectivity index (χ0n) is 17.4. The number of fused-ring (bicyclic) bond motifs is 1. The maximum Gasteiger partial charge on any atom is 0.191 e. The van der Waals surface area contributed by atoms with Crippen LogP contribution in [0.4, 0.5) is 0 Å². The van der Waals surface area contributed by atoms with Crippen molar-refractivity contribution >= 4 is 0 Å². The third-order valence-corrected chi connectivity index (χ3v) is 6.10. The Morgan fingerprint density at radius 2 is 1.97 bits per heavy atom. The summed E-state index contributed by atoms with van der Waals surface area (Å²) in [4.78, 5) is 0. The number of benzene rings is 1. The second-order valence-electron chi connectivity index (χ2n) is 7.72. The quantitative estimate of drug-likeness (QED) is 0.702. The van der Waals surface area contributed by atoms with Crippen LogP contribution in [-0.4, -0.2) is 13.7 Å². The standard InChI is InChI=1S/C24H26N4O2/c1-3-4-11-30-20-10-9-16(12-21(20)29-2)22-18-8-6-5-7-17(18)19(13-25)23(28)24(22,14-26)15-27/h7,9-10,12,18,22H,3-6,8,11,28H2,1-2H3. The number of rotatable bonds is 6. The lowest BCUT2D eigenvalue weighted by Crippen LogP contribution is -2.42. The number of methoxy groups -OCH3 is 1. The summed E-state index contributed by atoms with van der Waals surface area (Å²) in [6.45, 7) is 2.69. The molecule has 0 bridgehead atoms. The van der Waals surface area contributed by atoms with Crippen molar-refractivity contribution in [2.45, 2.75) is 44.9 Å². The normalized spacial score (nSPS) is 22.0. The molecule has 3 rings (SSSR count). The van der Waals surface area contributed by atoms with Crippen molar-refractivity contribution in [3.63, 3.8) is 0 Å². The van der Waals surface area contributed by atoms with Gasteiger partial charge in [0.2, 0.25) is 0 Å². The highest BCUT2D eigenvalue weighted by Crippen LogP contribution is 2.56. The van der Waals surface area contributed by atoms with Crippen molar-refractivity contribution in [2.75, 3.05) is 13.7 Å². The molecule has 0 saturated carbocycles. The van der Waals surface area contributed by atoms with Gasteiger partial charge in [0.1, 0.15) is 6.07 Å². The van der Waals surface area contributed by atoms with Gasteiger partial charge in [-0.3, -0.25) is 0 Å². The molecule has 2 unspecified atom stereocenters. The summed E-state index contributed by atoms with van der Waals surface area (Å²) in [6.07, 6.45) is 6.58. The van der Waals surface area contributed by atoms with Crippen molar-refractivity contribution in [1.82, 2.24) is 0 Å². The van der Waals surface area contributed by atoms with E-state index in [0.29, 0.717) is 18.1 Å². The van der Waals surface area contributed by atoms with Gasteiger partial charge < -0.3 is 15.2 Å². The summed E-state index contributed by atoms with van der Waals surface area (Å²) in [5.41, 5.74) is 6.68. The van der Waals surface area contributed by atoms with Crippen molar-refractivity contribution in [3.05, 3.63) is 46.7 Å². The molecule has 0 aromatic heterocycles. The van der Waals surface area contributed by atoms with E-state index in [2.05, 4.69) is 25.1 Å². The van der Waals surface area contributed by atoms with Gasteiger partial charge in [-0.05, 0) is 54.9 Å².